The molecule has 144 valence electrons. The van der Waals surface area contributed by atoms with E-state index < -0.39 is 0 Å². The van der Waals surface area contributed by atoms with E-state index in [2.05, 4.69) is 0 Å². The second-order valence-corrected chi connectivity index (χ2v) is 6.94. The second-order valence-electron chi connectivity index (χ2n) is 6.11. The van der Waals surface area contributed by atoms with E-state index in [4.69, 9.17) is 14.2 Å². The van der Waals surface area contributed by atoms with Crippen molar-refractivity contribution in [1.82, 2.24) is 0 Å². The number of ketones is 1. The molecule has 5 nitrogen and oxygen atoms in total. The number of hydrogen-bond acceptors (Lipinski definition) is 5. The first kappa shape index (κ1) is 20.9. The molecule has 0 fully saturated rings. The minimum absolute atomic E-state index is 0.0358. The molecule has 0 aromatic heterocycles. The van der Waals surface area contributed by atoms with Gasteiger partial charge in [-0.25, -0.2) is 0 Å². The molecule has 0 heterocycles. The molecule has 0 aliphatic rings. The van der Waals surface area contributed by atoms with Crippen LogP contribution in [0.15, 0.2) is 42.5 Å². The van der Waals surface area contributed by atoms with Crippen LogP contribution in [0.5, 0.6) is 17.2 Å². The predicted molar refractivity (Wildman–Crippen MR) is 106 cm³/mol. The van der Waals surface area contributed by atoms with Gasteiger partial charge < -0.3 is 14.2 Å². The van der Waals surface area contributed by atoms with Gasteiger partial charge in [-0.15, -0.1) is 0 Å². The molecule has 0 spiro atoms. The van der Waals surface area contributed by atoms with Gasteiger partial charge in [-0.1, -0.05) is 36.8 Å². The summed E-state index contributed by atoms with van der Waals surface area (Å²) in [6.45, 7) is 0. The van der Waals surface area contributed by atoms with E-state index >= 15 is 0 Å². The zero-order valence-electron chi connectivity index (χ0n) is 15.9. The molecule has 0 N–H and O–H groups in total. The van der Waals surface area contributed by atoms with E-state index in [0.29, 0.717) is 35.7 Å². The molecule has 0 aliphatic heterocycles. The highest BCUT2D eigenvalue weighted by atomic mass is 31.1. The van der Waals surface area contributed by atoms with Crippen molar-refractivity contribution >= 4 is 14.2 Å². The van der Waals surface area contributed by atoms with Crippen molar-refractivity contribution < 1.29 is 23.6 Å². The van der Waals surface area contributed by atoms with Crippen molar-refractivity contribution in [2.75, 3.05) is 21.3 Å². The van der Waals surface area contributed by atoms with Gasteiger partial charge in [0.05, 0.1) is 27.0 Å². The topological polar surface area (TPSA) is 61.8 Å². The van der Waals surface area contributed by atoms with Crippen LogP contribution in [0.1, 0.15) is 47.3 Å². The van der Waals surface area contributed by atoms with Crippen molar-refractivity contribution in [2.45, 2.75) is 31.3 Å². The first-order valence-corrected chi connectivity index (χ1v) is 9.73. The van der Waals surface area contributed by atoms with Gasteiger partial charge in [-0.05, 0) is 18.4 Å². The third-order valence-electron chi connectivity index (χ3n) is 4.44. The molecule has 1 unspecified atom stereocenters. The van der Waals surface area contributed by atoms with Gasteiger partial charge in [0.15, 0.2) is 14.2 Å². The maximum absolute atomic E-state index is 12.7. The molecule has 1 atom stereocenters. The first-order valence-electron chi connectivity index (χ1n) is 8.85. The Labute approximate surface area is 161 Å². The van der Waals surface area contributed by atoms with Crippen molar-refractivity contribution in [3.05, 3.63) is 53.6 Å². The van der Waals surface area contributed by atoms with Crippen LogP contribution in [-0.2, 0) is 4.57 Å². The molecular weight excluding hydrogens is 363 g/mol. The monoisotopic (exact) mass is 388 g/mol. The highest BCUT2D eigenvalue weighted by Crippen LogP contribution is 2.36. The Morgan fingerprint density at radius 1 is 0.963 bits per heavy atom. The second kappa shape index (κ2) is 10.7. The van der Waals surface area contributed by atoms with Crippen LogP contribution in [0.2, 0.25) is 0 Å². The zero-order chi connectivity index (χ0) is 19.6. The normalized spacial score (nSPS) is 11.8. The maximum atomic E-state index is 12.7. The largest absolute Gasteiger partial charge is 0.496 e. The summed E-state index contributed by atoms with van der Waals surface area (Å²) in [5, 5.41) is 0. The summed E-state index contributed by atoms with van der Waals surface area (Å²) in [6, 6.07) is 13.1. The molecule has 2 rings (SSSR count). The Hall–Kier alpha value is -2.39. The summed E-state index contributed by atoms with van der Waals surface area (Å²) in [4.78, 5) is 12.7. The fourth-order valence-electron chi connectivity index (χ4n) is 2.98. The van der Waals surface area contributed by atoms with Gasteiger partial charge in [-0.2, -0.15) is 0 Å². The van der Waals surface area contributed by atoms with Crippen LogP contribution in [0.25, 0.3) is 0 Å². The Kier molecular flexibility index (Phi) is 8.28. The number of unbranched alkanes of at least 4 members (excludes halogenated alkanes) is 1. The smallest absolute Gasteiger partial charge is 0.170 e. The lowest BCUT2D eigenvalue weighted by molar-refractivity contribution is 0.0973. The zero-order valence-corrected chi connectivity index (χ0v) is 16.8. The Bertz CT molecular complexity index is 735. The summed E-state index contributed by atoms with van der Waals surface area (Å²) >= 11 is 0. The number of ether oxygens (including phenoxy) is 3. The van der Waals surface area contributed by atoms with Crippen molar-refractivity contribution in [3.8, 4) is 17.2 Å². The van der Waals surface area contributed by atoms with Gasteiger partial charge in [0.1, 0.15) is 22.8 Å². The van der Waals surface area contributed by atoms with Crippen LogP contribution in [0.4, 0.5) is 0 Å². The van der Waals surface area contributed by atoms with Crippen molar-refractivity contribution in [2.24, 2.45) is 0 Å². The molecular formula is C21H25O5P. The van der Waals surface area contributed by atoms with E-state index in [1.807, 2.05) is 30.3 Å². The molecule has 6 heteroatoms. The predicted octanol–water partition coefficient (Wildman–Crippen LogP) is 5.49. The summed E-state index contributed by atoms with van der Waals surface area (Å²) in [6.07, 6.45) is 2.65. The first-order chi connectivity index (χ1) is 13.1. The number of Topliss-reactive ketones (excluding diaryl/α,β-unsaturated/α-hetero) is 1. The minimum Gasteiger partial charge on any atom is -0.496 e. The fraction of sp³-hybridized carbons (Fsp3) is 0.381. The number of hydrogen-bond donors (Lipinski definition) is 0. The molecule has 0 radical (unpaired) electrons. The Morgan fingerprint density at radius 2 is 1.59 bits per heavy atom. The number of carbonyl (C=O) groups excluding carboxylic acids is 1. The number of benzene rings is 2. The molecule has 0 saturated heterocycles. The highest BCUT2D eigenvalue weighted by molar-refractivity contribution is 7.24. The van der Waals surface area contributed by atoms with Crippen LogP contribution in [0, 0.1) is 0 Å². The summed E-state index contributed by atoms with van der Waals surface area (Å²) in [7, 11) is 4.69. The van der Waals surface area contributed by atoms with Gasteiger partial charge in [-0.3, -0.25) is 9.36 Å². The minimum atomic E-state index is -0.0395. The lowest BCUT2D eigenvalue weighted by Gasteiger charge is -2.14. The fourth-order valence-corrected chi connectivity index (χ4v) is 3.57. The highest BCUT2D eigenvalue weighted by Gasteiger charge is 2.20. The van der Waals surface area contributed by atoms with Crippen LogP contribution >= 0.6 is 8.46 Å². The molecule has 2 aromatic carbocycles. The molecule has 0 bridgehead atoms. The summed E-state index contributed by atoms with van der Waals surface area (Å²) < 4.78 is 27.4. The van der Waals surface area contributed by atoms with Crippen LogP contribution < -0.4 is 14.2 Å². The van der Waals surface area contributed by atoms with Gasteiger partial charge >= 0.3 is 0 Å². The average molecular weight is 388 g/mol. The maximum Gasteiger partial charge on any atom is 0.170 e. The lowest BCUT2D eigenvalue weighted by Crippen LogP contribution is -2.06. The van der Waals surface area contributed by atoms with Crippen molar-refractivity contribution in [3.63, 3.8) is 0 Å². The average Bonchev–Trinajstić information content (AvgIpc) is 2.73. The van der Waals surface area contributed by atoms with E-state index in [1.54, 1.807) is 19.2 Å². The molecule has 27 heavy (non-hydrogen) atoms. The standard InChI is InChI=1S/C21H25O5P/c1-24-16-13-18(25-2)21(19(14-16)26-3)17(22)11-7-8-12-20(27-23)15-9-5-4-6-10-15/h4-6,9-10,13-14,20H,7-8,11-12H2,1-3H3. The van der Waals surface area contributed by atoms with Gasteiger partial charge in [0.2, 0.25) is 0 Å². The van der Waals surface area contributed by atoms with Crippen LogP contribution in [-0.4, -0.2) is 27.1 Å². The molecule has 2 aromatic rings. The Morgan fingerprint density at radius 3 is 2.11 bits per heavy atom. The van der Waals surface area contributed by atoms with Gasteiger partial charge in [0, 0.05) is 18.6 Å². The van der Waals surface area contributed by atoms with Gasteiger partial charge in [0.25, 0.3) is 0 Å². The molecule has 0 saturated carbocycles. The van der Waals surface area contributed by atoms with E-state index in [0.717, 1.165) is 18.4 Å². The van der Waals surface area contributed by atoms with Crippen molar-refractivity contribution in [1.29, 1.82) is 0 Å². The quantitative estimate of drug-likeness (QED) is 0.289. The SMILES string of the molecule is COc1cc(OC)c(C(=O)CCCCC(P=O)c2ccccc2)c(OC)c1. The number of carbonyl (C=O) groups is 1. The molecule has 0 amide bonds. The van der Waals surface area contributed by atoms with E-state index in [-0.39, 0.29) is 19.9 Å². The van der Waals surface area contributed by atoms with Crippen LogP contribution in [0.3, 0.4) is 0 Å². The Balaban J connectivity index is 1.98. The summed E-state index contributed by atoms with van der Waals surface area (Å²) in [5.41, 5.74) is 1.45. The molecule has 0 aliphatic carbocycles. The number of rotatable bonds is 11. The number of methoxy groups -OCH3 is 3. The lowest BCUT2D eigenvalue weighted by atomic mass is 10.0. The van der Waals surface area contributed by atoms with E-state index in [1.165, 1.54) is 14.2 Å². The third kappa shape index (κ3) is 5.54. The third-order valence-corrected chi connectivity index (χ3v) is 5.25. The summed E-state index contributed by atoms with van der Waals surface area (Å²) in [5.74, 6) is 1.41. The van der Waals surface area contributed by atoms with E-state index in [9.17, 15) is 9.36 Å².